The van der Waals surface area contributed by atoms with E-state index >= 15 is 0 Å². The summed E-state index contributed by atoms with van der Waals surface area (Å²) >= 11 is 0. The summed E-state index contributed by atoms with van der Waals surface area (Å²) in [5.41, 5.74) is 1.68. The molecule has 0 unspecified atom stereocenters. The zero-order valence-corrected chi connectivity index (χ0v) is 10.8. The van der Waals surface area contributed by atoms with Crippen LogP contribution in [-0.4, -0.2) is 17.9 Å². The number of benzene rings is 1. The Hall–Kier alpha value is -1.15. The second-order valence-electron chi connectivity index (χ2n) is 4.96. The molecule has 1 saturated carbocycles. The lowest BCUT2D eigenvalue weighted by Crippen LogP contribution is -2.49. The first-order chi connectivity index (χ1) is 8.19. The Morgan fingerprint density at radius 3 is 2.53 bits per heavy atom. The lowest BCUT2D eigenvalue weighted by atomic mass is 9.86. The Morgan fingerprint density at radius 2 is 1.94 bits per heavy atom. The molecule has 2 heteroatoms. The fourth-order valence-electron chi connectivity index (χ4n) is 2.89. The van der Waals surface area contributed by atoms with Gasteiger partial charge in [0.1, 0.15) is 0 Å². The Kier molecular flexibility index (Phi) is 3.63. The molecule has 1 aromatic rings. The molecule has 0 atom stereocenters. The molecule has 0 amide bonds. The number of Topliss-reactive ketones (excluding diaryl/α,β-unsaturated/α-hetero) is 1. The summed E-state index contributed by atoms with van der Waals surface area (Å²) in [7, 11) is 0. The van der Waals surface area contributed by atoms with Crippen molar-refractivity contribution in [1.29, 1.82) is 0 Å². The minimum atomic E-state index is -0.291. The highest BCUT2D eigenvalue weighted by Gasteiger charge is 2.40. The zero-order chi connectivity index (χ0) is 12.3. The molecule has 2 rings (SSSR count). The molecule has 2 nitrogen and oxygen atoms in total. The molecular formula is C15H21NO. The van der Waals surface area contributed by atoms with Crippen LogP contribution in [0, 0.1) is 6.92 Å². The van der Waals surface area contributed by atoms with E-state index in [1.165, 1.54) is 0 Å². The number of carbonyl (C=O) groups is 1. The SMILES string of the molecule is CCNC1(C(=O)c2ccccc2C)CCCC1. The summed E-state index contributed by atoms with van der Waals surface area (Å²) < 4.78 is 0. The highest BCUT2D eigenvalue weighted by molar-refractivity contribution is 6.04. The van der Waals surface area contributed by atoms with Gasteiger partial charge in [-0.3, -0.25) is 4.79 Å². The minimum absolute atomic E-state index is 0.287. The van der Waals surface area contributed by atoms with Crippen molar-refractivity contribution in [1.82, 2.24) is 5.32 Å². The van der Waals surface area contributed by atoms with E-state index in [2.05, 4.69) is 12.2 Å². The first-order valence-electron chi connectivity index (χ1n) is 6.55. The number of carbonyl (C=O) groups excluding carboxylic acids is 1. The smallest absolute Gasteiger partial charge is 0.183 e. The Morgan fingerprint density at radius 1 is 1.29 bits per heavy atom. The van der Waals surface area contributed by atoms with E-state index in [0.29, 0.717) is 0 Å². The van der Waals surface area contributed by atoms with Gasteiger partial charge in [-0.1, -0.05) is 44.0 Å². The molecule has 0 saturated heterocycles. The van der Waals surface area contributed by atoms with Crippen molar-refractivity contribution in [3.8, 4) is 0 Å². The van der Waals surface area contributed by atoms with Crippen molar-refractivity contribution >= 4 is 5.78 Å². The van der Waals surface area contributed by atoms with Crippen LogP contribution in [-0.2, 0) is 0 Å². The first kappa shape index (κ1) is 12.3. The predicted molar refractivity (Wildman–Crippen MR) is 70.4 cm³/mol. The third-order valence-corrected chi connectivity index (χ3v) is 3.80. The van der Waals surface area contributed by atoms with Gasteiger partial charge in [-0.25, -0.2) is 0 Å². The van der Waals surface area contributed by atoms with Crippen LogP contribution in [0.4, 0.5) is 0 Å². The van der Waals surface area contributed by atoms with Gasteiger partial charge in [0.05, 0.1) is 5.54 Å². The number of ketones is 1. The van der Waals surface area contributed by atoms with Gasteiger partial charge in [-0.05, 0) is 31.9 Å². The lowest BCUT2D eigenvalue weighted by Gasteiger charge is -2.29. The molecule has 0 radical (unpaired) electrons. The number of aryl methyl sites for hydroxylation is 1. The summed E-state index contributed by atoms with van der Waals surface area (Å²) in [4.78, 5) is 12.7. The molecule has 0 aromatic heterocycles. The third kappa shape index (κ3) is 2.27. The molecule has 92 valence electrons. The molecule has 0 heterocycles. The molecule has 0 bridgehead atoms. The van der Waals surface area contributed by atoms with E-state index < -0.39 is 0 Å². The molecule has 1 aliphatic rings. The fraction of sp³-hybridized carbons (Fsp3) is 0.533. The topological polar surface area (TPSA) is 29.1 Å². The number of nitrogens with one attached hydrogen (secondary N) is 1. The Bertz CT molecular complexity index is 405. The third-order valence-electron chi connectivity index (χ3n) is 3.80. The van der Waals surface area contributed by atoms with Crippen LogP contribution >= 0.6 is 0 Å². The van der Waals surface area contributed by atoms with Gasteiger partial charge in [0, 0.05) is 5.56 Å². The standard InChI is InChI=1S/C15H21NO/c1-3-16-15(10-6-7-11-15)14(17)13-9-5-4-8-12(13)2/h4-5,8-9,16H,3,6-7,10-11H2,1-2H3. The highest BCUT2D eigenvalue weighted by Crippen LogP contribution is 2.33. The summed E-state index contributed by atoms with van der Waals surface area (Å²) in [5.74, 6) is 0.287. The minimum Gasteiger partial charge on any atom is -0.305 e. The molecule has 1 aromatic carbocycles. The van der Waals surface area contributed by atoms with Crippen LogP contribution in [0.25, 0.3) is 0 Å². The van der Waals surface area contributed by atoms with Gasteiger partial charge in [-0.2, -0.15) is 0 Å². The van der Waals surface area contributed by atoms with Crippen LogP contribution < -0.4 is 5.32 Å². The molecule has 1 aliphatic carbocycles. The van der Waals surface area contributed by atoms with Gasteiger partial charge in [0.15, 0.2) is 5.78 Å². The van der Waals surface area contributed by atoms with E-state index in [1.54, 1.807) is 0 Å². The Balaban J connectivity index is 2.32. The molecular weight excluding hydrogens is 210 g/mol. The zero-order valence-electron chi connectivity index (χ0n) is 10.8. The average molecular weight is 231 g/mol. The summed E-state index contributed by atoms with van der Waals surface area (Å²) in [6, 6.07) is 7.91. The van der Waals surface area contributed by atoms with E-state index in [0.717, 1.165) is 43.4 Å². The number of hydrogen-bond acceptors (Lipinski definition) is 2. The van der Waals surface area contributed by atoms with Crippen LogP contribution in [0.3, 0.4) is 0 Å². The van der Waals surface area contributed by atoms with Crippen molar-refractivity contribution in [2.75, 3.05) is 6.54 Å². The molecule has 1 fully saturated rings. The second kappa shape index (κ2) is 5.01. The van der Waals surface area contributed by atoms with Gasteiger partial charge in [0.2, 0.25) is 0 Å². The van der Waals surface area contributed by atoms with Crippen molar-refractivity contribution in [2.45, 2.75) is 45.1 Å². The maximum Gasteiger partial charge on any atom is 0.183 e. The molecule has 0 spiro atoms. The number of hydrogen-bond donors (Lipinski definition) is 1. The normalized spacial score (nSPS) is 18.2. The maximum absolute atomic E-state index is 12.7. The van der Waals surface area contributed by atoms with Gasteiger partial charge >= 0.3 is 0 Å². The monoisotopic (exact) mass is 231 g/mol. The highest BCUT2D eigenvalue weighted by atomic mass is 16.1. The van der Waals surface area contributed by atoms with E-state index in [9.17, 15) is 4.79 Å². The van der Waals surface area contributed by atoms with Gasteiger partial charge in [-0.15, -0.1) is 0 Å². The molecule has 0 aliphatic heterocycles. The van der Waals surface area contributed by atoms with Crippen LogP contribution in [0.2, 0.25) is 0 Å². The van der Waals surface area contributed by atoms with Crippen LogP contribution in [0.1, 0.15) is 48.5 Å². The maximum atomic E-state index is 12.7. The molecule has 1 N–H and O–H groups in total. The van der Waals surface area contributed by atoms with Crippen LogP contribution in [0.5, 0.6) is 0 Å². The first-order valence-corrected chi connectivity index (χ1v) is 6.55. The van der Waals surface area contributed by atoms with E-state index in [4.69, 9.17) is 0 Å². The summed E-state index contributed by atoms with van der Waals surface area (Å²) in [5, 5.41) is 3.43. The predicted octanol–water partition coefficient (Wildman–Crippen LogP) is 3.10. The van der Waals surface area contributed by atoms with Crippen molar-refractivity contribution in [2.24, 2.45) is 0 Å². The average Bonchev–Trinajstić information content (AvgIpc) is 2.79. The number of likely N-dealkylation sites (N-methyl/N-ethyl adjacent to an activating group) is 1. The van der Waals surface area contributed by atoms with Crippen molar-refractivity contribution in [3.05, 3.63) is 35.4 Å². The lowest BCUT2D eigenvalue weighted by molar-refractivity contribution is 0.0855. The quantitative estimate of drug-likeness (QED) is 0.807. The van der Waals surface area contributed by atoms with Gasteiger partial charge in [0.25, 0.3) is 0 Å². The van der Waals surface area contributed by atoms with Crippen LogP contribution in [0.15, 0.2) is 24.3 Å². The van der Waals surface area contributed by atoms with E-state index in [-0.39, 0.29) is 11.3 Å². The second-order valence-corrected chi connectivity index (χ2v) is 4.96. The summed E-state index contributed by atoms with van der Waals surface area (Å²) in [6.07, 6.45) is 4.28. The van der Waals surface area contributed by atoms with E-state index in [1.807, 2.05) is 31.2 Å². The van der Waals surface area contributed by atoms with Crippen molar-refractivity contribution in [3.63, 3.8) is 0 Å². The van der Waals surface area contributed by atoms with Crippen molar-refractivity contribution < 1.29 is 4.79 Å². The fourth-order valence-corrected chi connectivity index (χ4v) is 2.89. The molecule has 17 heavy (non-hydrogen) atoms. The van der Waals surface area contributed by atoms with Gasteiger partial charge < -0.3 is 5.32 Å². The number of rotatable bonds is 4. The largest absolute Gasteiger partial charge is 0.305 e. The Labute approximate surface area is 103 Å². The summed E-state index contributed by atoms with van der Waals surface area (Å²) in [6.45, 7) is 4.95.